The molecule has 3 aromatic heterocycles. The number of carbonyl (C=O) groups excluding carboxylic acids is 3. The van der Waals surface area contributed by atoms with Gasteiger partial charge in [-0.3, -0.25) is 19.0 Å². The molecule has 7 rings (SSSR count). The van der Waals surface area contributed by atoms with Crippen molar-refractivity contribution in [2.75, 3.05) is 20.6 Å². The van der Waals surface area contributed by atoms with Crippen molar-refractivity contribution in [2.45, 2.75) is 45.1 Å². The second kappa shape index (κ2) is 9.86. The number of hydrogen-bond acceptors (Lipinski definition) is 7. The van der Waals surface area contributed by atoms with Crippen LogP contribution in [0.4, 0.5) is 0 Å². The maximum atomic E-state index is 13.4. The van der Waals surface area contributed by atoms with Gasteiger partial charge in [-0.2, -0.15) is 5.10 Å². The molecule has 3 fully saturated rings. The van der Waals surface area contributed by atoms with Gasteiger partial charge in [0.2, 0.25) is 5.91 Å². The van der Waals surface area contributed by atoms with E-state index in [1.807, 2.05) is 14.1 Å². The second-order valence-electron chi connectivity index (χ2n) is 11.7. The molecule has 3 aliphatic carbocycles. The van der Waals surface area contributed by atoms with Gasteiger partial charge in [-0.25, -0.2) is 14.3 Å². The minimum absolute atomic E-state index is 0.0277. The number of oxazole rings is 1. The van der Waals surface area contributed by atoms with Gasteiger partial charge in [0, 0.05) is 51.8 Å². The first-order chi connectivity index (χ1) is 19.6. The van der Waals surface area contributed by atoms with E-state index in [0.717, 1.165) is 44.1 Å². The SMILES string of the molecule is CN(C)C(=O)C12CCC(CNC(=O)c3cc(C(=O)NCc4ccc5oc(=O)n(C)c5c4)nc4ccnn34)(CC1)CC2. The first-order valence-electron chi connectivity index (χ1n) is 13.8. The van der Waals surface area contributed by atoms with Gasteiger partial charge in [-0.1, -0.05) is 6.07 Å². The molecular formula is C29H33N7O5. The highest BCUT2D eigenvalue weighted by molar-refractivity contribution is 5.98. The summed E-state index contributed by atoms with van der Waals surface area (Å²) in [5.41, 5.74) is 2.30. The maximum absolute atomic E-state index is 13.4. The topological polar surface area (TPSA) is 144 Å². The van der Waals surface area contributed by atoms with Crippen molar-refractivity contribution in [3.63, 3.8) is 0 Å². The van der Waals surface area contributed by atoms with Crippen LogP contribution < -0.4 is 16.4 Å². The van der Waals surface area contributed by atoms with Gasteiger partial charge < -0.3 is 20.0 Å². The van der Waals surface area contributed by atoms with Crippen LogP contribution in [0.25, 0.3) is 16.7 Å². The molecule has 0 aliphatic heterocycles. The summed E-state index contributed by atoms with van der Waals surface area (Å²) in [6.45, 7) is 0.700. The molecule has 12 heteroatoms. The minimum atomic E-state index is -0.454. The number of nitrogens with zero attached hydrogens (tertiary/aromatic N) is 5. The molecule has 0 saturated heterocycles. The van der Waals surface area contributed by atoms with Crippen LogP contribution in [0.1, 0.15) is 65.1 Å². The fourth-order valence-electron chi connectivity index (χ4n) is 6.43. The van der Waals surface area contributed by atoms with E-state index in [-0.39, 0.29) is 40.6 Å². The predicted octanol–water partition coefficient (Wildman–Crippen LogP) is 2.26. The fourth-order valence-corrected chi connectivity index (χ4v) is 6.43. The molecule has 2 N–H and O–H groups in total. The number of aryl methyl sites for hydroxylation is 1. The summed E-state index contributed by atoms with van der Waals surface area (Å²) in [6.07, 6.45) is 6.74. The van der Waals surface area contributed by atoms with Crippen molar-refractivity contribution >= 4 is 34.5 Å². The summed E-state index contributed by atoms with van der Waals surface area (Å²) in [7, 11) is 5.25. The Morgan fingerprint density at radius 3 is 2.44 bits per heavy atom. The molecule has 0 spiro atoms. The minimum Gasteiger partial charge on any atom is -0.408 e. The average Bonchev–Trinajstić information content (AvgIpc) is 3.58. The lowest BCUT2D eigenvalue weighted by molar-refractivity contribution is -0.149. The molecule has 41 heavy (non-hydrogen) atoms. The molecule has 2 bridgehead atoms. The summed E-state index contributed by atoms with van der Waals surface area (Å²) in [6, 6.07) is 8.34. The molecule has 0 atom stereocenters. The first-order valence-corrected chi connectivity index (χ1v) is 13.8. The van der Waals surface area contributed by atoms with E-state index in [0.29, 0.717) is 23.3 Å². The quantitative estimate of drug-likeness (QED) is 0.353. The summed E-state index contributed by atoms with van der Waals surface area (Å²) < 4.78 is 8.00. The highest BCUT2D eigenvalue weighted by atomic mass is 16.4. The van der Waals surface area contributed by atoms with E-state index in [1.165, 1.54) is 21.3 Å². The van der Waals surface area contributed by atoms with Crippen LogP contribution >= 0.6 is 0 Å². The van der Waals surface area contributed by atoms with Crippen LogP contribution in [0, 0.1) is 10.8 Å². The van der Waals surface area contributed by atoms with Crippen LogP contribution in [0.3, 0.4) is 0 Å². The molecular weight excluding hydrogens is 526 g/mol. The molecule has 3 amide bonds. The zero-order chi connectivity index (χ0) is 28.9. The van der Waals surface area contributed by atoms with Crippen LogP contribution in [0.2, 0.25) is 0 Å². The Kier molecular flexibility index (Phi) is 6.43. The van der Waals surface area contributed by atoms with Gasteiger partial charge in [-0.05, 0) is 61.6 Å². The summed E-state index contributed by atoms with van der Waals surface area (Å²) in [5, 5.41) is 10.2. The van der Waals surface area contributed by atoms with Gasteiger partial charge in [-0.15, -0.1) is 0 Å². The monoisotopic (exact) mass is 559 g/mol. The Labute approximate surface area is 235 Å². The van der Waals surface area contributed by atoms with Gasteiger partial charge in [0.25, 0.3) is 11.8 Å². The zero-order valence-corrected chi connectivity index (χ0v) is 23.4. The van der Waals surface area contributed by atoms with Crippen molar-refractivity contribution in [3.8, 4) is 0 Å². The third-order valence-corrected chi connectivity index (χ3v) is 9.02. The summed E-state index contributed by atoms with van der Waals surface area (Å²) >= 11 is 0. The molecule has 3 saturated carbocycles. The van der Waals surface area contributed by atoms with E-state index in [4.69, 9.17) is 4.42 Å². The fraction of sp³-hybridized carbons (Fsp3) is 0.448. The molecule has 3 aliphatic rings. The van der Waals surface area contributed by atoms with Crippen molar-refractivity contribution < 1.29 is 18.8 Å². The van der Waals surface area contributed by atoms with Crippen LogP contribution in [-0.4, -0.2) is 62.4 Å². The second-order valence-corrected chi connectivity index (χ2v) is 11.7. The van der Waals surface area contributed by atoms with Gasteiger partial charge in [0.15, 0.2) is 11.2 Å². The first kappa shape index (κ1) is 26.7. The highest BCUT2D eigenvalue weighted by Crippen LogP contribution is 2.57. The standard InChI is InChI=1S/C29H33N7O5/c1-34(2)26(39)29-10-7-28(8-11-29,9-12-29)17-31-25(38)21-15-19(33-23-6-13-32-36(21)23)24(37)30-16-18-4-5-22-20(14-18)35(3)27(40)41-22/h4-6,13-15H,7-12,16-17H2,1-3H3,(H,30,37)(H,31,38). The van der Waals surface area contributed by atoms with E-state index in [9.17, 15) is 19.2 Å². The van der Waals surface area contributed by atoms with Crippen molar-refractivity contribution in [1.29, 1.82) is 0 Å². The number of fused-ring (bicyclic) bond motifs is 5. The Morgan fingerprint density at radius 1 is 1.00 bits per heavy atom. The van der Waals surface area contributed by atoms with E-state index >= 15 is 0 Å². The normalized spacial score (nSPS) is 21.7. The molecule has 4 aromatic rings. The Bertz CT molecular complexity index is 1720. The Morgan fingerprint density at radius 2 is 1.73 bits per heavy atom. The molecule has 0 radical (unpaired) electrons. The lowest BCUT2D eigenvalue weighted by Gasteiger charge is -2.53. The Balaban J connectivity index is 1.14. The van der Waals surface area contributed by atoms with Crippen LogP contribution in [0.5, 0.6) is 0 Å². The third-order valence-electron chi connectivity index (χ3n) is 9.02. The summed E-state index contributed by atoms with van der Waals surface area (Å²) in [4.78, 5) is 57.2. The number of nitrogens with one attached hydrogen (secondary N) is 2. The molecule has 1 aromatic carbocycles. The number of aromatic nitrogens is 4. The van der Waals surface area contributed by atoms with Gasteiger partial charge in [0.1, 0.15) is 11.4 Å². The summed E-state index contributed by atoms with van der Waals surface area (Å²) in [5.74, 6) is -1.01. The maximum Gasteiger partial charge on any atom is 0.419 e. The van der Waals surface area contributed by atoms with E-state index < -0.39 is 11.7 Å². The number of amides is 3. The van der Waals surface area contributed by atoms with Crippen molar-refractivity contribution in [1.82, 2.24) is 34.7 Å². The van der Waals surface area contributed by atoms with Gasteiger partial charge >= 0.3 is 5.76 Å². The predicted molar refractivity (Wildman–Crippen MR) is 149 cm³/mol. The number of benzene rings is 1. The Hall–Kier alpha value is -4.48. The van der Waals surface area contributed by atoms with Crippen molar-refractivity contribution in [2.24, 2.45) is 17.9 Å². The zero-order valence-electron chi connectivity index (χ0n) is 23.4. The smallest absolute Gasteiger partial charge is 0.408 e. The van der Waals surface area contributed by atoms with Crippen LogP contribution in [-0.2, 0) is 18.4 Å². The molecule has 0 unspecified atom stereocenters. The largest absolute Gasteiger partial charge is 0.419 e. The van der Waals surface area contributed by atoms with Gasteiger partial charge in [0.05, 0.1) is 11.7 Å². The molecule has 12 nitrogen and oxygen atoms in total. The number of carbonyl (C=O) groups is 3. The lowest BCUT2D eigenvalue weighted by atomic mass is 9.53. The van der Waals surface area contributed by atoms with E-state index in [1.54, 1.807) is 36.2 Å². The van der Waals surface area contributed by atoms with E-state index in [2.05, 4.69) is 20.7 Å². The van der Waals surface area contributed by atoms with Crippen molar-refractivity contribution in [3.05, 3.63) is 64.0 Å². The number of rotatable bonds is 7. The molecule has 3 heterocycles. The lowest BCUT2D eigenvalue weighted by Crippen LogP contribution is -2.52. The average molecular weight is 560 g/mol. The number of hydrogen-bond donors (Lipinski definition) is 2. The third kappa shape index (κ3) is 4.66. The molecule has 214 valence electrons. The van der Waals surface area contributed by atoms with Crippen LogP contribution in [0.15, 0.2) is 45.7 Å². The highest BCUT2D eigenvalue weighted by Gasteiger charge is 2.52.